The van der Waals surface area contributed by atoms with Gasteiger partial charge in [0.1, 0.15) is 11.4 Å². The molecule has 0 spiro atoms. The molecule has 0 bridgehead atoms. The van der Waals surface area contributed by atoms with Crippen LogP contribution in [0, 0.1) is 5.92 Å². The Bertz CT molecular complexity index is 1050. The van der Waals surface area contributed by atoms with E-state index in [4.69, 9.17) is 18.9 Å². The van der Waals surface area contributed by atoms with Gasteiger partial charge in [-0.2, -0.15) is 0 Å². The van der Waals surface area contributed by atoms with E-state index in [-0.39, 0.29) is 24.1 Å². The van der Waals surface area contributed by atoms with Crippen molar-refractivity contribution in [3.05, 3.63) is 53.7 Å². The third kappa shape index (κ3) is 5.69. The molecule has 0 radical (unpaired) electrons. The van der Waals surface area contributed by atoms with E-state index in [1.807, 2.05) is 12.1 Å². The first-order chi connectivity index (χ1) is 16.4. The van der Waals surface area contributed by atoms with Crippen LogP contribution >= 0.6 is 0 Å². The zero-order valence-corrected chi connectivity index (χ0v) is 20.3. The second-order valence-electron chi connectivity index (χ2n) is 8.28. The van der Waals surface area contributed by atoms with Crippen molar-refractivity contribution < 1.29 is 28.5 Å². The van der Waals surface area contributed by atoms with Crippen LogP contribution in [0.1, 0.15) is 25.8 Å². The van der Waals surface area contributed by atoms with E-state index >= 15 is 0 Å². The molecule has 0 saturated carbocycles. The van der Waals surface area contributed by atoms with Crippen LogP contribution in [0.4, 0.5) is 5.69 Å². The summed E-state index contributed by atoms with van der Waals surface area (Å²) in [6.07, 6.45) is 0.548. The number of ether oxygens (including phenoxy) is 4. The van der Waals surface area contributed by atoms with Gasteiger partial charge in [-0.3, -0.25) is 14.5 Å². The van der Waals surface area contributed by atoms with Gasteiger partial charge in [-0.25, -0.2) is 0 Å². The molecule has 2 aromatic rings. The Labute approximate surface area is 200 Å². The van der Waals surface area contributed by atoms with E-state index in [9.17, 15) is 9.59 Å². The van der Waals surface area contributed by atoms with Gasteiger partial charge in [0.15, 0.2) is 11.5 Å². The lowest BCUT2D eigenvalue weighted by Gasteiger charge is -2.15. The average Bonchev–Trinajstić information content (AvgIpc) is 3.07. The quantitative estimate of drug-likeness (QED) is 0.373. The Morgan fingerprint density at radius 1 is 0.912 bits per heavy atom. The molecule has 0 unspecified atom stereocenters. The van der Waals surface area contributed by atoms with Gasteiger partial charge < -0.3 is 24.3 Å². The van der Waals surface area contributed by atoms with Crippen LogP contribution in [-0.2, 0) is 14.3 Å². The van der Waals surface area contributed by atoms with Gasteiger partial charge in [-0.15, -0.1) is 0 Å². The van der Waals surface area contributed by atoms with Gasteiger partial charge in [0, 0.05) is 32.0 Å². The number of rotatable bonds is 12. The fourth-order valence-electron chi connectivity index (χ4n) is 3.57. The molecule has 0 atom stereocenters. The molecule has 1 aliphatic rings. The van der Waals surface area contributed by atoms with Crippen molar-refractivity contribution in [2.24, 2.45) is 5.92 Å². The maximum absolute atomic E-state index is 13.3. The predicted octanol–water partition coefficient (Wildman–Crippen LogP) is 3.97. The highest BCUT2D eigenvalue weighted by Gasteiger charge is 2.39. The van der Waals surface area contributed by atoms with Gasteiger partial charge in [-0.05, 0) is 42.2 Å². The highest BCUT2D eigenvalue weighted by molar-refractivity contribution is 6.36. The normalized spacial score (nSPS) is 13.6. The number of imide groups is 1. The van der Waals surface area contributed by atoms with Gasteiger partial charge in [-0.1, -0.05) is 26.0 Å². The first-order valence-electron chi connectivity index (χ1n) is 11.2. The molecule has 2 aromatic carbocycles. The average molecular weight is 469 g/mol. The van der Waals surface area contributed by atoms with Crippen molar-refractivity contribution in [2.75, 3.05) is 46.4 Å². The predicted molar refractivity (Wildman–Crippen MR) is 130 cm³/mol. The standard InChI is InChI=1S/C26H32N2O6/c1-17(2)16-34-20-10-7-18(8-11-20)23-24(26(30)28(25(23)29)13-6-14-31-3)27-19-9-12-21(32-4)22(15-19)33-5/h7-12,15,17,27H,6,13-14,16H2,1-5H3. The minimum absolute atomic E-state index is 0.213. The van der Waals surface area contributed by atoms with Crippen molar-refractivity contribution in [2.45, 2.75) is 20.3 Å². The number of hydrogen-bond acceptors (Lipinski definition) is 7. The van der Waals surface area contributed by atoms with Crippen LogP contribution in [0.3, 0.4) is 0 Å². The fourth-order valence-corrected chi connectivity index (χ4v) is 3.57. The number of nitrogens with zero attached hydrogens (tertiary/aromatic N) is 1. The highest BCUT2D eigenvalue weighted by atomic mass is 16.5. The number of hydrogen-bond donors (Lipinski definition) is 1. The van der Waals surface area contributed by atoms with Crippen LogP contribution in [0.15, 0.2) is 48.2 Å². The summed E-state index contributed by atoms with van der Waals surface area (Å²) in [5, 5.41) is 3.14. The summed E-state index contributed by atoms with van der Waals surface area (Å²) >= 11 is 0. The first kappa shape index (κ1) is 25.1. The molecular formula is C26H32N2O6. The van der Waals surface area contributed by atoms with Crippen LogP contribution < -0.4 is 19.5 Å². The molecule has 0 aromatic heterocycles. The third-order valence-corrected chi connectivity index (χ3v) is 5.28. The molecule has 8 nitrogen and oxygen atoms in total. The molecule has 1 heterocycles. The van der Waals surface area contributed by atoms with Crippen LogP contribution in [0.25, 0.3) is 5.57 Å². The van der Waals surface area contributed by atoms with Crippen molar-refractivity contribution in [3.8, 4) is 17.2 Å². The Kier molecular flexibility index (Phi) is 8.54. The van der Waals surface area contributed by atoms with Crippen molar-refractivity contribution in [1.29, 1.82) is 0 Å². The van der Waals surface area contributed by atoms with Gasteiger partial charge in [0.2, 0.25) is 0 Å². The summed E-state index contributed by atoms with van der Waals surface area (Å²) in [6.45, 7) is 5.46. The molecular weight excluding hydrogens is 436 g/mol. The van der Waals surface area contributed by atoms with E-state index in [2.05, 4.69) is 19.2 Å². The van der Waals surface area contributed by atoms with Gasteiger partial charge in [0.05, 0.1) is 26.4 Å². The summed E-state index contributed by atoms with van der Waals surface area (Å²) in [5.74, 6) is 1.45. The molecule has 2 amide bonds. The molecule has 34 heavy (non-hydrogen) atoms. The minimum Gasteiger partial charge on any atom is -0.493 e. The van der Waals surface area contributed by atoms with Crippen molar-refractivity contribution in [1.82, 2.24) is 4.90 Å². The van der Waals surface area contributed by atoms with E-state index in [0.29, 0.717) is 59.6 Å². The van der Waals surface area contributed by atoms with Crippen LogP contribution in [0.5, 0.6) is 17.2 Å². The van der Waals surface area contributed by atoms with E-state index in [0.717, 1.165) is 0 Å². The summed E-state index contributed by atoms with van der Waals surface area (Å²) in [4.78, 5) is 27.9. The zero-order chi connectivity index (χ0) is 24.7. The number of carbonyl (C=O) groups is 2. The molecule has 182 valence electrons. The SMILES string of the molecule is COCCCN1C(=O)C(Nc2ccc(OC)c(OC)c2)=C(c2ccc(OCC(C)C)cc2)C1=O. The summed E-state index contributed by atoms with van der Waals surface area (Å²) < 4.78 is 21.5. The molecule has 3 rings (SSSR count). The smallest absolute Gasteiger partial charge is 0.278 e. The fraction of sp³-hybridized carbons (Fsp3) is 0.385. The van der Waals surface area contributed by atoms with Gasteiger partial charge in [0.25, 0.3) is 11.8 Å². The molecule has 0 aliphatic carbocycles. The number of methoxy groups -OCH3 is 3. The lowest BCUT2D eigenvalue weighted by Crippen LogP contribution is -2.33. The summed E-state index contributed by atoms with van der Waals surface area (Å²) in [5.41, 5.74) is 1.76. The number of carbonyl (C=O) groups excluding carboxylic acids is 2. The summed E-state index contributed by atoms with van der Waals surface area (Å²) in [7, 11) is 4.68. The Morgan fingerprint density at radius 2 is 1.62 bits per heavy atom. The Balaban J connectivity index is 1.96. The minimum atomic E-state index is -0.383. The van der Waals surface area contributed by atoms with Gasteiger partial charge >= 0.3 is 0 Å². The van der Waals surface area contributed by atoms with E-state index < -0.39 is 0 Å². The first-order valence-corrected chi connectivity index (χ1v) is 11.2. The van der Waals surface area contributed by atoms with E-state index in [1.54, 1.807) is 44.6 Å². The lowest BCUT2D eigenvalue weighted by molar-refractivity contribution is -0.137. The monoisotopic (exact) mass is 468 g/mol. The van der Waals surface area contributed by atoms with Crippen molar-refractivity contribution >= 4 is 23.1 Å². The molecule has 8 heteroatoms. The lowest BCUT2D eigenvalue weighted by atomic mass is 10.0. The number of nitrogens with one attached hydrogen (secondary N) is 1. The number of amides is 2. The zero-order valence-electron chi connectivity index (χ0n) is 20.3. The maximum Gasteiger partial charge on any atom is 0.278 e. The number of anilines is 1. The van der Waals surface area contributed by atoms with Crippen LogP contribution in [0.2, 0.25) is 0 Å². The molecule has 1 aliphatic heterocycles. The number of benzene rings is 2. The van der Waals surface area contributed by atoms with E-state index in [1.165, 1.54) is 12.0 Å². The second kappa shape index (κ2) is 11.6. The second-order valence-corrected chi connectivity index (χ2v) is 8.28. The molecule has 1 N–H and O–H groups in total. The Hall–Kier alpha value is -3.52. The maximum atomic E-state index is 13.3. The highest BCUT2D eigenvalue weighted by Crippen LogP contribution is 2.34. The molecule has 0 saturated heterocycles. The third-order valence-electron chi connectivity index (χ3n) is 5.28. The van der Waals surface area contributed by atoms with Crippen LogP contribution in [-0.4, -0.2) is 57.8 Å². The molecule has 0 fully saturated rings. The van der Waals surface area contributed by atoms with Crippen molar-refractivity contribution in [3.63, 3.8) is 0 Å². The Morgan fingerprint density at radius 3 is 2.24 bits per heavy atom. The summed E-state index contributed by atoms with van der Waals surface area (Å²) in [6, 6.07) is 12.4. The topological polar surface area (TPSA) is 86.3 Å². The largest absolute Gasteiger partial charge is 0.493 e.